The van der Waals surface area contributed by atoms with Gasteiger partial charge in [-0.15, -0.1) is 0 Å². The van der Waals surface area contributed by atoms with Crippen molar-refractivity contribution in [2.45, 2.75) is 19.3 Å². The third-order valence-electron chi connectivity index (χ3n) is 7.46. The van der Waals surface area contributed by atoms with Crippen LogP contribution in [0.5, 0.6) is 0 Å². The number of fused-ring (bicyclic) bond motifs is 1. The zero-order chi connectivity index (χ0) is 26.2. The molecule has 186 valence electrons. The molecule has 0 amide bonds. The van der Waals surface area contributed by atoms with Crippen molar-refractivity contribution in [1.29, 1.82) is 0 Å². The van der Waals surface area contributed by atoms with Crippen LogP contribution in [0.3, 0.4) is 0 Å². The van der Waals surface area contributed by atoms with Crippen molar-refractivity contribution >= 4 is 46.2 Å². The summed E-state index contributed by atoms with van der Waals surface area (Å²) < 4.78 is 17.2. The molecule has 1 aliphatic rings. The van der Waals surface area contributed by atoms with Gasteiger partial charge in [0.05, 0.1) is 5.41 Å². The molecular formula is C33H34N2OP+. The van der Waals surface area contributed by atoms with E-state index in [2.05, 4.69) is 99.1 Å². The standard InChI is InChI=1S/C33H34N2OP/c1-33(2)30-24-29(37(36,27-12-8-6-9-13-27)28-14-10-7-11-15-28)21-22-31(30)35(5)32(33)23-18-25-16-19-26(20-17-25)34(3)4/h6-24H,1-5H3/q+1. The molecule has 0 spiro atoms. The molecule has 0 bridgehead atoms. The quantitative estimate of drug-likeness (QED) is 0.233. The Morgan fingerprint density at radius 3 is 1.84 bits per heavy atom. The fourth-order valence-electron chi connectivity index (χ4n) is 5.30. The number of hydrogen-bond acceptors (Lipinski definition) is 2. The first-order valence-corrected chi connectivity index (χ1v) is 14.4. The van der Waals surface area contributed by atoms with Gasteiger partial charge in [-0.05, 0) is 49.8 Å². The van der Waals surface area contributed by atoms with Crippen LogP contribution in [0.2, 0.25) is 0 Å². The van der Waals surface area contributed by atoms with Gasteiger partial charge in [0.25, 0.3) is 0 Å². The molecular weight excluding hydrogens is 471 g/mol. The average Bonchev–Trinajstić information content (AvgIpc) is 3.12. The van der Waals surface area contributed by atoms with Crippen LogP contribution in [0.15, 0.2) is 109 Å². The molecule has 0 fully saturated rings. The topological polar surface area (TPSA) is 23.3 Å². The highest BCUT2D eigenvalue weighted by Gasteiger charge is 2.44. The van der Waals surface area contributed by atoms with Crippen molar-refractivity contribution in [3.05, 3.63) is 120 Å². The highest BCUT2D eigenvalue weighted by Crippen LogP contribution is 2.46. The number of hydrogen-bond donors (Lipinski definition) is 0. The van der Waals surface area contributed by atoms with Crippen molar-refractivity contribution in [3.63, 3.8) is 0 Å². The van der Waals surface area contributed by atoms with E-state index in [1.807, 2.05) is 60.7 Å². The van der Waals surface area contributed by atoms with Gasteiger partial charge in [-0.3, -0.25) is 0 Å². The van der Waals surface area contributed by atoms with Gasteiger partial charge >= 0.3 is 0 Å². The van der Waals surface area contributed by atoms with Crippen molar-refractivity contribution in [2.24, 2.45) is 0 Å². The normalized spacial score (nSPS) is 14.7. The summed E-state index contributed by atoms with van der Waals surface area (Å²) >= 11 is 0. The predicted molar refractivity (Wildman–Crippen MR) is 160 cm³/mol. The zero-order valence-corrected chi connectivity index (χ0v) is 23.1. The van der Waals surface area contributed by atoms with E-state index in [4.69, 9.17) is 0 Å². The van der Waals surface area contributed by atoms with Crippen LogP contribution in [0, 0.1) is 0 Å². The fraction of sp³-hybridized carbons (Fsp3) is 0.182. The van der Waals surface area contributed by atoms with E-state index in [1.54, 1.807) is 0 Å². The first kappa shape index (κ1) is 25.0. The molecule has 1 aliphatic heterocycles. The molecule has 4 aromatic carbocycles. The van der Waals surface area contributed by atoms with E-state index >= 15 is 0 Å². The monoisotopic (exact) mass is 505 g/mol. The summed E-state index contributed by atoms with van der Waals surface area (Å²) in [6.45, 7) is 4.51. The lowest BCUT2D eigenvalue weighted by molar-refractivity contribution is -0.401. The molecule has 4 heteroatoms. The number of allylic oxidation sites excluding steroid dienone is 1. The van der Waals surface area contributed by atoms with Gasteiger partial charge in [0.2, 0.25) is 5.69 Å². The highest BCUT2D eigenvalue weighted by atomic mass is 31.2. The van der Waals surface area contributed by atoms with Gasteiger partial charge in [0.1, 0.15) is 7.05 Å². The van der Waals surface area contributed by atoms with Crippen LogP contribution >= 0.6 is 7.14 Å². The molecule has 37 heavy (non-hydrogen) atoms. The second-order valence-electron chi connectivity index (χ2n) is 10.4. The third kappa shape index (κ3) is 4.38. The zero-order valence-electron chi connectivity index (χ0n) is 22.2. The Morgan fingerprint density at radius 1 is 0.730 bits per heavy atom. The van der Waals surface area contributed by atoms with Crippen LogP contribution in [-0.4, -0.2) is 31.4 Å². The van der Waals surface area contributed by atoms with Crippen LogP contribution in [0.1, 0.15) is 25.0 Å². The predicted octanol–water partition coefficient (Wildman–Crippen LogP) is 6.11. The van der Waals surface area contributed by atoms with E-state index < -0.39 is 7.14 Å². The number of anilines is 1. The molecule has 3 nitrogen and oxygen atoms in total. The molecule has 0 atom stereocenters. The third-order valence-corrected chi connectivity index (χ3v) is 10.5. The van der Waals surface area contributed by atoms with Gasteiger partial charge in [0, 0.05) is 53.4 Å². The Bertz CT molecular complexity index is 1490. The summed E-state index contributed by atoms with van der Waals surface area (Å²) in [5, 5.41) is 2.58. The lowest BCUT2D eigenvalue weighted by Gasteiger charge is -2.22. The Hall–Kier alpha value is -3.68. The van der Waals surface area contributed by atoms with Gasteiger partial charge in [-0.25, -0.2) is 0 Å². The Kier molecular flexibility index (Phi) is 6.52. The Morgan fingerprint density at radius 2 is 1.30 bits per heavy atom. The first-order chi connectivity index (χ1) is 17.7. The molecule has 1 heterocycles. The number of rotatable bonds is 6. The second kappa shape index (κ2) is 9.65. The largest absolute Gasteiger partial charge is 0.378 e. The van der Waals surface area contributed by atoms with Gasteiger partial charge in [0.15, 0.2) is 12.9 Å². The van der Waals surface area contributed by atoms with E-state index in [0.717, 1.165) is 27.2 Å². The van der Waals surface area contributed by atoms with Gasteiger partial charge in [-0.2, -0.15) is 4.58 Å². The smallest absolute Gasteiger partial charge is 0.209 e. The fourth-order valence-corrected chi connectivity index (χ4v) is 7.98. The Balaban J connectivity index is 1.56. The molecule has 5 rings (SSSR count). The maximum absolute atomic E-state index is 14.9. The highest BCUT2D eigenvalue weighted by molar-refractivity contribution is 7.85. The lowest BCUT2D eigenvalue weighted by atomic mass is 9.81. The summed E-state index contributed by atoms with van der Waals surface area (Å²) in [5.41, 5.74) is 5.68. The molecule has 0 saturated heterocycles. The van der Waals surface area contributed by atoms with Crippen molar-refractivity contribution in [3.8, 4) is 0 Å². The summed E-state index contributed by atoms with van der Waals surface area (Å²) in [4.78, 5) is 2.11. The van der Waals surface area contributed by atoms with Crippen molar-refractivity contribution < 1.29 is 9.14 Å². The summed E-state index contributed by atoms with van der Waals surface area (Å²) in [6.07, 6.45) is 4.40. The minimum atomic E-state index is -3.03. The van der Waals surface area contributed by atoms with Crippen LogP contribution in [0.25, 0.3) is 6.08 Å². The molecule has 0 aliphatic carbocycles. The minimum Gasteiger partial charge on any atom is -0.378 e. The van der Waals surface area contributed by atoms with Gasteiger partial charge < -0.3 is 9.46 Å². The molecule has 0 radical (unpaired) electrons. The van der Waals surface area contributed by atoms with E-state index in [9.17, 15) is 4.57 Å². The maximum atomic E-state index is 14.9. The Labute approximate surface area is 220 Å². The summed E-state index contributed by atoms with van der Waals surface area (Å²) in [6, 6.07) is 34.7. The van der Waals surface area contributed by atoms with Crippen LogP contribution in [-0.2, 0) is 9.98 Å². The van der Waals surface area contributed by atoms with E-state index in [0.29, 0.717) is 0 Å². The van der Waals surface area contributed by atoms with E-state index in [1.165, 1.54) is 17.0 Å². The molecule has 4 aromatic rings. The maximum Gasteiger partial charge on any atom is 0.209 e. The van der Waals surface area contributed by atoms with Crippen LogP contribution < -0.4 is 20.8 Å². The van der Waals surface area contributed by atoms with Crippen molar-refractivity contribution in [1.82, 2.24) is 0 Å². The molecule has 0 unspecified atom stereocenters. The SMILES string of the molecule is CN(C)c1ccc(/C=C/C2=[N+](C)c3ccc(P(=O)(c4ccccc4)c4ccccc4)cc3C2(C)C)cc1. The van der Waals surface area contributed by atoms with Crippen molar-refractivity contribution in [2.75, 3.05) is 26.0 Å². The van der Waals surface area contributed by atoms with Crippen LogP contribution in [0.4, 0.5) is 11.4 Å². The summed E-state index contributed by atoms with van der Waals surface area (Å²) in [5.74, 6) is 0. The number of benzene rings is 4. The van der Waals surface area contributed by atoms with Gasteiger partial charge in [-0.1, -0.05) is 72.8 Å². The van der Waals surface area contributed by atoms with E-state index in [-0.39, 0.29) is 5.41 Å². The average molecular weight is 506 g/mol. The second-order valence-corrected chi connectivity index (χ2v) is 13.1. The number of nitrogens with zero attached hydrogens (tertiary/aromatic N) is 2. The minimum absolute atomic E-state index is 0.238. The molecule has 0 N–H and O–H groups in total. The molecule has 0 aromatic heterocycles. The lowest BCUT2D eigenvalue weighted by Crippen LogP contribution is -2.29. The first-order valence-electron chi connectivity index (χ1n) is 12.7. The molecule has 0 saturated carbocycles. The summed E-state index contributed by atoms with van der Waals surface area (Å²) in [7, 11) is 3.20.